The summed E-state index contributed by atoms with van der Waals surface area (Å²) in [6.45, 7) is 0. The Bertz CT molecular complexity index is 790. The van der Waals surface area contributed by atoms with Crippen LogP contribution < -0.4 is 0 Å². The van der Waals surface area contributed by atoms with Gasteiger partial charge in [-0.1, -0.05) is 66.7 Å². The Morgan fingerprint density at radius 2 is 1.43 bits per heavy atom. The van der Waals surface area contributed by atoms with E-state index in [2.05, 4.69) is 54.6 Å². The second-order valence-electron chi connectivity index (χ2n) is 5.57. The Balaban J connectivity index is 1.87. The van der Waals surface area contributed by atoms with E-state index in [4.69, 9.17) is 0 Å². The highest BCUT2D eigenvalue weighted by atomic mass is 16.3. The van der Waals surface area contributed by atoms with Crippen LogP contribution in [-0.4, -0.2) is 5.11 Å². The molecule has 21 heavy (non-hydrogen) atoms. The molecular formula is C20H16O. The first kappa shape index (κ1) is 12.2. The van der Waals surface area contributed by atoms with Crippen LogP contribution >= 0.6 is 0 Å². The van der Waals surface area contributed by atoms with Crippen LogP contribution in [0.25, 0.3) is 11.1 Å². The fraction of sp³-hybridized carbons (Fsp3) is 0.100. The molecule has 0 spiro atoms. The number of hydrogen-bond acceptors (Lipinski definition) is 1. The second-order valence-corrected chi connectivity index (χ2v) is 5.57. The van der Waals surface area contributed by atoms with E-state index in [1.54, 1.807) is 6.07 Å². The monoisotopic (exact) mass is 272 g/mol. The Morgan fingerprint density at radius 1 is 0.714 bits per heavy atom. The van der Waals surface area contributed by atoms with Crippen LogP contribution in [0.15, 0.2) is 72.8 Å². The van der Waals surface area contributed by atoms with Gasteiger partial charge < -0.3 is 5.11 Å². The van der Waals surface area contributed by atoms with E-state index in [1.807, 2.05) is 12.1 Å². The van der Waals surface area contributed by atoms with Crippen molar-refractivity contribution >= 4 is 0 Å². The molecule has 0 aliphatic heterocycles. The average Bonchev–Trinajstić information content (AvgIpc) is 2.84. The first-order valence-corrected chi connectivity index (χ1v) is 7.29. The lowest BCUT2D eigenvalue weighted by molar-refractivity contribution is 0.466. The first-order valence-electron chi connectivity index (χ1n) is 7.29. The quantitative estimate of drug-likeness (QED) is 0.714. The maximum Gasteiger partial charge on any atom is 0.120 e. The van der Waals surface area contributed by atoms with Crippen molar-refractivity contribution in [2.75, 3.05) is 0 Å². The van der Waals surface area contributed by atoms with E-state index in [-0.39, 0.29) is 5.92 Å². The van der Waals surface area contributed by atoms with Crippen molar-refractivity contribution in [3.63, 3.8) is 0 Å². The topological polar surface area (TPSA) is 20.2 Å². The molecule has 0 heterocycles. The molecule has 1 unspecified atom stereocenters. The van der Waals surface area contributed by atoms with Gasteiger partial charge in [-0.25, -0.2) is 0 Å². The molecule has 3 aromatic carbocycles. The Hall–Kier alpha value is -2.54. The van der Waals surface area contributed by atoms with E-state index in [0.29, 0.717) is 5.75 Å². The third kappa shape index (κ3) is 1.93. The van der Waals surface area contributed by atoms with Crippen molar-refractivity contribution in [1.82, 2.24) is 0 Å². The van der Waals surface area contributed by atoms with Gasteiger partial charge >= 0.3 is 0 Å². The van der Waals surface area contributed by atoms with E-state index in [1.165, 1.54) is 22.3 Å². The largest absolute Gasteiger partial charge is 0.508 e. The van der Waals surface area contributed by atoms with Crippen LogP contribution in [0.4, 0.5) is 0 Å². The van der Waals surface area contributed by atoms with Crippen molar-refractivity contribution < 1.29 is 5.11 Å². The van der Waals surface area contributed by atoms with Crippen molar-refractivity contribution in [3.8, 4) is 16.9 Å². The van der Waals surface area contributed by atoms with E-state index >= 15 is 0 Å². The normalized spacial score (nSPS) is 15.5. The SMILES string of the molecule is Oc1cccc2c1C(Cc1ccccc1)c1ccccc1-2. The molecule has 1 aliphatic carbocycles. The van der Waals surface area contributed by atoms with Gasteiger partial charge in [0.05, 0.1) is 0 Å². The molecule has 102 valence electrons. The molecule has 1 heteroatoms. The summed E-state index contributed by atoms with van der Waals surface area (Å²) in [6, 6.07) is 24.8. The summed E-state index contributed by atoms with van der Waals surface area (Å²) in [5, 5.41) is 10.4. The molecule has 1 nitrogen and oxygen atoms in total. The standard InChI is InChI=1S/C20H16O/c21-19-12-6-11-17-15-9-4-5-10-16(15)18(20(17)19)13-14-7-2-1-3-8-14/h1-12,18,21H,13H2. The van der Waals surface area contributed by atoms with Gasteiger partial charge in [-0.2, -0.15) is 0 Å². The lowest BCUT2D eigenvalue weighted by atomic mass is 9.90. The number of rotatable bonds is 2. The van der Waals surface area contributed by atoms with Crippen LogP contribution in [-0.2, 0) is 6.42 Å². The van der Waals surface area contributed by atoms with Crippen LogP contribution in [0.5, 0.6) is 5.75 Å². The number of aromatic hydroxyl groups is 1. The van der Waals surface area contributed by atoms with E-state index in [9.17, 15) is 5.11 Å². The van der Waals surface area contributed by atoms with Gasteiger partial charge in [0.25, 0.3) is 0 Å². The van der Waals surface area contributed by atoms with Crippen molar-refractivity contribution in [2.24, 2.45) is 0 Å². The molecule has 4 rings (SSSR count). The van der Waals surface area contributed by atoms with Crippen LogP contribution in [0.3, 0.4) is 0 Å². The van der Waals surface area contributed by atoms with Crippen LogP contribution in [0.1, 0.15) is 22.6 Å². The molecule has 0 saturated heterocycles. The summed E-state index contributed by atoms with van der Waals surface area (Å²) in [5.41, 5.74) is 6.12. The molecule has 0 saturated carbocycles. The summed E-state index contributed by atoms with van der Waals surface area (Å²) >= 11 is 0. The number of hydrogen-bond donors (Lipinski definition) is 1. The van der Waals surface area contributed by atoms with Gasteiger partial charge in [0, 0.05) is 11.5 Å². The average molecular weight is 272 g/mol. The predicted octanol–water partition coefficient (Wildman–Crippen LogP) is 4.75. The minimum Gasteiger partial charge on any atom is -0.508 e. The minimum absolute atomic E-state index is 0.236. The molecule has 1 atom stereocenters. The van der Waals surface area contributed by atoms with Crippen LogP contribution in [0.2, 0.25) is 0 Å². The van der Waals surface area contributed by atoms with Crippen LogP contribution in [0, 0.1) is 0 Å². The maximum absolute atomic E-state index is 10.4. The number of benzene rings is 3. The zero-order valence-corrected chi connectivity index (χ0v) is 11.7. The molecule has 0 fully saturated rings. The molecule has 1 aliphatic rings. The van der Waals surface area contributed by atoms with Gasteiger partial charge in [-0.15, -0.1) is 0 Å². The van der Waals surface area contributed by atoms with Gasteiger partial charge in [-0.05, 0) is 34.7 Å². The van der Waals surface area contributed by atoms with Gasteiger partial charge in [0.15, 0.2) is 0 Å². The molecule has 0 bridgehead atoms. The van der Waals surface area contributed by atoms with Gasteiger partial charge in [0.1, 0.15) is 5.75 Å². The first-order chi connectivity index (χ1) is 10.3. The maximum atomic E-state index is 10.4. The highest BCUT2D eigenvalue weighted by Crippen LogP contribution is 2.49. The zero-order chi connectivity index (χ0) is 14.2. The third-order valence-corrected chi connectivity index (χ3v) is 4.34. The fourth-order valence-corrected chi connectivity index (χ4v) is 3.42. The van der Waals surface area contributed by atoms with Crippen molar-refractivity contribution in [2.45, 2.75) is 12.3 Å². The Kier molecular flexibility index (Phi) is 2.78. The number of fused-ring (bicyclic) bond motifs is 3. The highest BCUT2D eigenvalue weighted by Gasteiger charge is 2.30. The summed E-state index contributed by atoms with van der Waals surface area (Å²) in [5.74, 6) is 0.643. The lowest BCUT2D eigenvalue weighted by Gasteiger charge is -2.14. The molecule has 0 radical (unpaired) electrons. The molecule has 1 N–H and O–H groups in total. The van der Waals surface area contributed by atoms with Gasteiger partial charge in [-0.3, -0.25) is 0 Å². The molecule has 3 aromatic rings. The van der Waals surface area contributed by atoms with E-state index < -0.39 is 0 Å². The van der Waals surface area contributed by atoms with Crippen molar-refractivity contribution in [1.29, 1.82) is 0 Å². The Labute approximate surface area is 124 Å². The van der Waals surface area contributed by atoms with Gasteiger partial charge in [0.2, 0.25) is 0 Å². The molecule has 0 amide bonds. The lowest BCUT2D eigenvalue weighted by Crippen LogP contribution is -2.01. The Morgan fingerprint density at radius 3 is 2.29 bits per heavy atom. The summed E-state index contributed by atoms with van der Waals surface area (Å²) in [4.78, 5) is 0. The fourth-order valence-electron chi connectivity index (χ4n) is 3.42. The third-order valence-electron chi connectivity index (χ3n) is 4.34. The summed E-state index contributed by atoms with van der Waals surface area (Å²) in [7, 11) is 0. The minimum atomic E-state index is 0.236. The predicted molar refractivity (Wildman–Crippen MR) is 85.5 cm³/mol. The number of phenolic OH excluding ortho intramolecular Hbond substituents is 1. The second kappa shape index (κ2) is 4.78. The zero-order valence-electron chi connectivity index (χ0n) is 11.7. The van der Waals surface area contributed by atoms with E-state index in [0.717, 1.165) is 12.0 Å². The molecular weight excluding hydrogens is 256 g/mol. The number of phenols is 1. The smallest absolute Gasteiger partial charge is 0.120 e. The molecule has 0 aromatic heterocycles. The summed E-state index contributed by atoms with van der Waals surface area (Å²) in [6.07, 6.45) is 0.919. The highest BCUT2D eigenvalue weighted by molar-refractivity contribution is 5.81. The van der Waals surface area contributed by atoms with Crippen molar-refractivity contribution in [3.05, 3.63) is 89.5 Å². The summed E-state index contributed by atoms with van der Waals surface area (Å²) < 4.78 is 0.